The second-order valence-electron chi connectivity index (χ2n) is 6.19. The van der Waals surface area contributed by atoms with Crippen molar-refractivity contribution in [1.29, 1.82) is 0 Å². The van der Waals surface area contributed by atoms with E-state index in [0.29, 0.717) is 22.1 Å². The minimum Gasteiger partial charge on any atom is -0.495 e. The fraction of sp³-hybridized carbons (Fsp3) is 0.263. The number of halogens is 2. The Balaban J connectivity index is 1.77. The number of benzene rings is 2. The van der Waals surface area contributed by atoms with E-state index in [0.717, 1.165) is 10.0 Å². The van der Waals surface area contributed by atoms with Crippen LogP contribution in [0.1, 0.15) is 12.0 Å². The number of nitrogens with one attached hydrogen (secondary N) is 1. The summed E-state index contributed by atoms with van der Waals surface area (Å²) >= 11 is 9.51. The van der Waals surface area contributed by atoms with Crippen LogP contribution in [0.5, 0.6) is 5.75 Å². The van der Waals surface area contributed by atoms with Crippen molar-refractivity contribution in [3.05, 3.63) is 51.5 Å². The van der Waals surface area contributed by atoms with Gasteiger partial charge in [0.05, 0.1) is 24.4 Å². The van der Waals surface area contributed by atoms with Gasteiger partial charge in [-0.15, -0.1) is 0 Å². The first-order chi connectivity index (χ1) is 12.4. The quantitative estimate of drug-likeness (QED) is 0.771. The lowest BCUT2D eigenvalue weighted by molar-refractivity contribution is -0.122. The van der Waals surface area contributed by atoms with Crippen molar-refractivity contribution in [1.82, 2.24) is 0 Å². The van der Waals surface area contributed by atoms with Crippen molar-refractivity contribution >= 4 is 50.7 Å². The zero-order chi connectivity index (χ0) is 18.8. The highest BCUT2D eigenvalue weighted by Crippen LogP contribution is 2.35. The number of ether oxygens (including phenoxy) is 1. The van der Waals surface area contributed by atoms with Gasteiger partial charge in [0.1, 0.15) is 5.75 Å². The number of carbonyl (C=O) groups excluding carboxylic acids is 2. The molecular formula is C19H18BrClN2O3. The van der Waals surface area contributed by atoms with Crippen molar-refractivity contribution in [2.45, 2.75) is 13.3 Å². The largest absolute Gasteiger partial charge is 0.495 e. The molecule has 1 unspecified atom stereocenters. The molecule has 2 amide bonds. The number of hydrogen-bond donors (Lipinski definition) is 1. The first-order valence-electron chi connectivity index (χ1n) is 8.10. The Morgan fingerprint density at radius 1 is 1.31 bits per heavy atom. The first kappa shape index (κ1) is 18.7. The summed E-state index contributed by atoms with van der Waals surface area (Å²) in [5.41, 5.74) is 2.36. The molecule has 0 aromatic heterocycles. The molecule has 136 valence electrons. The molecule has 1 aliphatic rings. The van der Waals surface area contributed by atoms with Crippen LogP contribution in [-0.2, 0) is 9.59 Å². The van der Waals surface area contributed by atoms with Gasteiger partial charge in [-0.2, -0.15) is 0 Å². The van der Waals surface area contributed by atoms with Gasteiger partial charge in [0.25, 0.3) is 0 Å². The number of methoxy groups -OCH3 is 1. The Morgan fingerprint density at radius 3 is 2.77 bits per heavy atom. The minimum absolute atomic E-state index is 0.131. The molecule has 2 aromatic rings. The number of amides is 2. The maximum atomic E-state index is 12.6. The lowest BCUT2D eigenvalue weighted by Gasteiger charge is -2.20. The molecule has 1 aliphatic heterocycles. The molecule has 1 heterocycles. The average molecular weight is 438 g/mol. The summed E-state index contributed by atoms with van der Waals surface area (Å²) in [6.45, 7) is 2.26. The number of rotatable bonds is 4. The summed E-state index contributed by atoms with van der Waals surface area (Å²) in [5, 5.41) is 3.39. The van der Waals surface area contributed by atoms with Crippen LogP contribution in [0.3, 0.4) is 0 Å². The number of aryl methyl sites for hydroxylation is 1. The third-order valence-corrected chi connectivity index (χ3v) is 5.20. The van der Waals surface area contributed by atoms with E-state index in [2.05, 4.69) is 21.2 Å². The number of carbonyl (C=O) groups is 2. The van der Waals surface area contributed by atoms with Crippen LogP contribution in [0.4, 0.5) is 11.4 Å². The zero-order valence-electron chi connectivity index (χ0n) is 14.4. The molecule has 1 N–H and O–H groups in total. The molecule has 3 rings (SSSR count). The summed E-state index contributed by atoms with van der Waals surface area (Å²) in [6.07, 6.45) is 0.144. The van der Waals surface area contributed by atoms with Crippen LogP contribution >= 0.6 is 27.5 Å². The van der Waals surface area contributed by atoms with E-state index >= 15 is 0 Å². The standard InChI is InChI=1S/C19H18BrClN2O3/c1-11-3-5-15(14(20)7-11)22-19(25)12-8-18(24)23(10-12)16-9-13(21)4-6-17(16)26-2/h3-7,9,12H,8,10H2,1-2H3,(H,22,25). The molecule has 7 heteroatoms. The Morgan fingerprint density at radius 2 is 2.08 bits per heavy atom. The summed E-state index contributed by atoms with van der Waals surface area (Å²) in [4.78, 5) is 26.7. The molecule has 1 saturated heterocycles. The van der Waals surface area contributed by atoms with Gasteiger partial charge in [-0.05, 0) is 58.7 Å². The van der Waals surface area contributed by atoms with Gasteiger partial charge in [-0.3, -0.25) is 9.59 Å². The summed E-state index contributed by atoms with van der Waals surface area (Å²) in [6, 6.07) is 10.8. The lowest BCUT2D eigenvalue weighted by atomic mass is 10.1. The SMILES string of the molecule is COc1ccc(Cl)cc1N1CC(C(=O)Nc2ccc(C)cc2Br)CC1=O. The Labute approximate surface area is 165 Å². The number of anilines is 2. The van der Waals surface area contributed by atoms with Gasteiger partial charge >= 0.3 is 0 Å². The van der Waals surface area contributed by atoms with Crippen molar-refractivity contribution in [3.63, 3.8) is 0 Å². The van der Waals surface area contributed by atoms with Crippen molar-refractivity contribution in [2.75, 3.05) is 23.9 Å². The fourth-order valence-electron chi connectivity index (χ4n) is 2.95. The lowest BCUT2D eigenvalue weighted by Crippen LogP contribution is -2.28. The first-order valence-corrected chi connectivity index (χ1v) is 9.27. The minimum atomic E-state index is -0.445. The maximum absolute atomic E-state index is 12.6. The molecule has 0 saturated carbocycles. The van der Waals surface area contributed by atoms with Gasteiger partial charge in [0.15, 0.2) is 0 Å². The van der Waals surface area contributed by atoms with Gasteiger partial charge in [-0.25, -0.2) is 0 Å². The van der Waals surface area contributed by atoms with Gasteiger partial charge in [0.2, 0.25) is 11.8 Å². The smallest absolute Gasteiger partial charge is 0.229 e. The predicted octanol–water partition coefficient (Wildman–Crippen LogP) is 4.41. The second-order valence-corrected chi connectivity index (χ2v) is 7.48. The zero-order valence-corrected chi connectivity index (χ0v) is 16.7. The molecule has 0 bridgehead atoms. The van der Waals surface area contributed by atoms with Crippen LogP contribution in [0.2, 0.25) is 5.02 Å². The average Bonchev–Trinajstić information content (AvgIpc) is 2.99. The molecule has 0 radical (unpaired) electrons. The molecule has 26 heavy (non-hydrogen) atoms. The summed E-state index contributed by atoms with van der Waals surface area (Å²) < 4.78 is 6.13. The van der Waals surface area contributed by atoms with Crippen molar-refractivity contribution in [3.8, 4) is 5.75 Å². The molecule has 2 aromatic carbocycles. The highest BCUT2D eigenvalue weighted by atomic mass is 79.9. The highest BCUT2D eigenvalue weighted by Gasteiger charge is 2.36. The van der Waals surface area contributed by atoms with E-state index in [-0.39, 0.29) is 24.8 Å². The van der Waals surface area contributed by atoms with E-state index in [1.807, 2.05) is 25.1 Å². The fourth-order valence-corrected chi connectivity index (χ4v) is 3.71. The van der Waals surface area contributed by atoms with Crippen LogP contribution in [0, 0.1) is 12.8 Å². The van der Waals surface area contributed by atoms with Crippen LogP contribution in [0.25, 0.3) is 0 Å². The van der Waals surface area contributed by atoms with Gasteiger partial charge in [-0.1, -0.05) is 17.7 Å². The molecule has 0 spiro atoms. The molecule has 1 fully saturated rings. The molecule has 0 aliphatic carbocycles. The monoisotopic (exact) mass is 436 g/mol. The van der Waals surface area contributed by atoms with Crippen LogP contribution < -0.4 is 15.0 Å². The molecule has 1 atom stereocenters. The third kappa shape index (κ3) is 3.86. The van der Waals surface area contributed by atoms with Crippen molar-refractivity contribution in [2.24, 2.45) is 5.92 Å². The topological polar surface area (TPSA) is 58.6 Å². The van der Waals surface area contributed by atoms with Gasteiger partial charge in [0, 0.05) is 22.5 Å². The van der Waals surface area contributed by atoms with Crippen LogP contribution in [0.15, 0.2) is 40.9 Å². The molecular weight excluding hydrogens is 420 g/mol. The second kappa shape index (κ2) is 7.68. The van der Waals surface area contributed by atoms with Crippen molar-refractivity contribution < 1.29 is 14.3 Å². The van der Waals surface area contributed by atoms with E-state index in [4.69, 9.17) is 16.3 Å². The summed E-state index contributed by atoms with van der Waals surface area (Å²) in [7, 11) is 1.53. The Kier molecular flexibility index (Phi) is 5.53. The van der Waals surface area contributed by atoms with Gasteiger partial charge < -0.3 is 15.0 Å². The number of nitrogens with zero attached hydrogens (tertiary/aromatic N) is 1. The van der Waals surface area contributed by atoms with E-state index < -0.39 is 5.92 Å². The number of hydrogen-bond acceptors (Lipinski definition) is 3. The Bertz CT molecular complexity index is 872. The van der Waals surface area contributed by atoms with Crippen LogP contribution in [-0.4, -0.2) is 25.5 Å². The maximum Gasteiger partial charge on any atom is 0.229 e. The third-order valence-electron chi connectivity index (χ3n) is 4.31. The molecule has 5 nitrogen and oxygen atoms in total. The Hall–Kier alpha value is -2.05. The normalized spacial score (nSPS) is 16.7. The van der Waals surface area contributed by atoms with E-state index in [1.165, 1.54) is 7.11 Å². The van der Waals surface area contributed by atoms with E-state index in [9.17, 15) is 9.59 Å². The highest BCUT2D eigenvalue weighted by molar-refractivity contribution is 9.10. The summed E-state index contributed by atoms with van der Waals surface area (Å²) in [5.74, 6) is -0.218. The predicted molar refractivity (Wildman–Crippen MR) is 106 cm³/mol. The van der Waals surface area contributed by atoms with E-state index in [1.54, 1.807) is 23.1 Å².